The lowest BCUT2D eigenvalue weighted by atomic mass is 10.1. The molecule has 1 unspecified atom stereocenters. The Morgan fingerprint density at radius 2 is 2.19 bits per heavy atom. The van der Waals surface area contributed by atoms with Crippen molar-refractivity contribution < 1.29 is 17.9 Å². The molecular formula is C12H12BrCl2NO4S. The number of hydrogen-bond acceptors (Lipinski definition) is 4. The summed E-state index contributed by atoms with van der Waals surface area (Å²) in [7, 11) is 1.33. The van der Waals surface area contributed by atoms with Crippen molar-refractivity contribution in [1.29, 1.82) is 0 Å². The molecule has 0 bridgehead atoms. The fourth-order valence-electron chi connectivity index (χ4n) is 1.96. The molecule has 0 radical (unpaired) electrons. The van der Waals surface area contributed by atoms with E-state index >= 15 is 0 Å². The maximum atomic E-state index is 12.1. The van der Waals surface area contributed by atoms with Crippen LogP contribution in [0.5, 0.6) is 0 Å². The van der Waals surface area contributed by atoms with Crippen molar-refractivity contribution >= 4 is 53.2 Å². The lowest BCUT2D eigenvalue weighted by molar-refractivity contribution is 0.0944. The van der Waals surface area contributed by atoms with Crippen LogP contribution in [0.4, 0.5) is 0 Å². The van der Waals surface area contributed by atoms with Crippen LogP contribution in [-0.4, -0.2) is 34.1 Å². The van der Waals surface area contributed by atoms with E-state index in [2.05, 4.69) is 21.2 Å². The molecule has 1 saturated heterocycles. The Labute approximate surface area is 140 Å². The van der Waals surface area contributed by atoms with Gasteiger partial charge in [-0.1, -0.05) is 11.6 Å². The molecule has 1 aliphatic rings. The van der Waals surface area contributed by atoms with E-state index in [0.717, 1.165) is 6.42 Å². The van der Waals surface area contributed by atoms with Crippen LogP contribution in [0.3, 0.4) is 0 Å². The van der Waals surface area contributed by atoms with Gasteiger partial charge in [-0.3, -0.25) is 4.79 Å². The van der Waals surface area contributed by atoms with Gasteiger partial charge in [-0.15, -0.1) is 0 Å². The van der Waals surface area contributed by atoms with Crippen LogP contribution in [0, 0.1) is 5.92 Å². The lowest BCUT2D eigenvalue weighted by Gasteiger charge is -2.11. The molecule has 5 nitrogen and oxygen atoms in total. The Hall–Kier alpha value is -0.340. The van der Waals surface area contributed by atoms with Crippen molar-refractivity contribution in [1.82, 2.24) is 5.32 Å². The highest BCUT2D eigenvalue weighted by atomic mass is 79.9. The largest absolute Gasteiger partial charge is 0.381 e. The number of carbonyl (C=O) groups is 1. The Morgan fingerprint density at radius 3 is 2.76 bits per heavy atom. The molecule has 1 atom stereocenters. The summed E-state index contributed by atoms with van der Waals surface area (Å²) in [6, 6.07) is 2.58. The van der Waals surface area contributed by atoms with E-state index in [1.54, 1.807) is 0 Å². The SMILES string of the molecule is O=C(NCC1CCOC1)c1cc(Cl)c(Br)c(S(=O)(=O)Cl)c1. The lowest BCUT2D eigenvalue weighted by Crippen LogP contribution is -2.29. The summed E-state index contributed by atoms with van der Waals surface area (Å²) >= 11 is 8.97. The van der Waals surface area contributed by atoms with Crippen LogP contribution in [-0.2, 0) is 13.8 Å². The number of carbonyl (C=O) groups excluding carboxylic acids is 1. The number of benzene rings is 1. The van der Waals surface area contributed by atoms with Gasteiger partial charge in [0.2, 0.25) is 0 Å². The smallest absolute Gasteiger partial charge is 0.262 e. The number of amides is 1. The third-order valence-corrected chi connectivity index (χ3v) is 6.08. The van der Waals surface area contributed by atoms with E-state index < -0.39 is 15.0 Å². The van der Waals surface area contributed by atoms with Crippen LogP contribution in [0.2, 0.25) is 5.02 Å². The number of halogens is 3. The molecule has 1 aromatic carbocycles. The van der Waals surface area contributed by atoms with Crippen molar-refractivity contribution in [2.75, 3.05) is 19.8 Å². The summed E-state index contributed by atoms with van der Waals surface area (Å²) in [4.78, 5) is 11.8. The third-order valence-electron chi connectivity index (χ3n) is 3.09. The van der Waals surface area contributed by atoms with Gasteiger partial charge in [0, 0.05) is 35.3 Å². The minimum Gasteiger partial charge on any atom is -0.381 e. The third kappa shape index (κ3) is 4.32. The second-order valence-corrected chi connectivity index (χ2v) is 8.38. The first-order valence-electron chi connectivity index (χ1n) is 6.08. The van der Waals surface area contributed by atoms with E-state index in [4.69, 9.17) is 27.0 Å². The van der Waals surface area contributed by atoms with Gasteiger partial charge >= 0.3 is 0 Å². The van der Waals surface area contributed by atoms with E-state index in [-0.39, 0.29) is 25.9 Å². The second kappa shape index (κ2) is 6.83. The van der Waals surface area contributed by atoms with E-state index in [9.17, 15) is 13.2 Å². The topological polar surface area (TPSA) is 72.5 Å². The van der Waals surface area contributed by atoms with E-state index in [1.165, 1.54) is 12.1 Å². The molecule has 0 spiro atoms. The highest BCUT2D eigenvalue weighted by molar-refractivity contribution is 9.10. The fraction of sp³-hybridized carbons (Fsp3) is 0.417. The van der Waals surface area contributed by atoms with E-state index in [0.29, 0.717) is 19.8 Å². The molecule has 1 heterocycles. The molecule has 1 fully saturated rings. The van der Waals surface area contributed by atoms with Gasteiger partial charge in [-0.05, 0) is 34.5 Å². The van der Waals surface area contributed by atoms with Crippen LogP contribution in [0.15, 0.2) is 21.5 Å². The van der Waals surface area contributed by atoms with Gasteiger partial charge in [0.15, 0.2) is 0 Å². The minimum atomic E-state index is -4.00. The van der Waals surface area contributed by atoms with Gasteiger partial charge in [-0.25, -0.2) is 8.42 Å². The van der Waals surface area contributed by atoms with Crippen LogP contribution in [0.1, 0.15) is 16.8 Å². The Bertz CT molecular complexity index is 659. The molecule has 2 rings (SSSR count). The Balaban J connectivity index is 2.19. The molecule has 1 aliphatic heterocycles. The fourth-order valence-corrected chi connectivity index (χ4v) is 4.34. The Kier molecular flexibility index (Phi) is 5.54. The predicted octanol–water partition coefficient (Wildman–Crippen LogP) is 2.80. The van der Waals surface area contributed by atoms with Crippen LogP contribution in [0.25, 0.3) is 0 Å². The highest BCUT2D eigenvalue weighted by Gasteiger charge is 2.21. The molecule has 116 valence electrons. The molecule has 0 aromatic heterocycles. The molecule has 1 N–H and O–H groups in total. The number of hydrogen-bond donors (Lipinski definition) is 1. The van der Waals surface area contributed by atoms with E-state index in [1.807, 2.05) is 0 Å². The summed E-state index contributed by atoms with van der Waals surface area (Å²) in [6.07, 6.45) is 0.892. The average molecular weight is 417 g/mol. The molecule has 0 saturated carbocycles. The van der Waals surface area contributed by atoms with Crippen molar-refractivity contribution in [3.8, 4) is 0 Å². The van der Waals surface area contributed by atoms with Gasteiger partial charge in [0.1, 0.15) is 0 Å². The van der Waals surface area contributed by atoms with Gasteiger partial charge in [0.05, 0.1) is 21.0 Å². The van der Waals surface area contributed by atoms with Crippen molar-refractivity contribution in [3.05, 3.63) is 27.2 Å². The molecule has 21 heavy (non-hydrogen) atoms. The molecule has 0 aliphatic carbocycles. The zero-order valence-corrected chi connectivity index (χ0v) is 14.6. The summed E-state index contributed by atoms with van der Waals surface area (Å²) in [5.41, 5.74) is 0.140. The zero-order chi connectivity index (χ0) is 15.6. The standard InChI is InChI=1S/C12H12BrCl2NO4S/c13-11-9(14)3-8(4-10(11)21(15,18)19)12(17)16-5-7-1-2-20-6-7/h3-4,7H,1-2,5-6H2,(H,16,17). The predicted molar refractivity (Wildman–Crippen MR) is 83.5 cm³/mol. The maximum absolute atomic E-state index is 12.1. The first-order chi connectivity index (χ1) is 9.79. The van der Waals surface area contributed by atoms with Gasteiger partial charge in [-0.2, -0.15) is 0 Å². The second-order valence-electron chi connectivity index (χ2n) is 4.65. The molecular weight excluding hydrogens is 405 g/mol. The van der Waals surface area contributed by atoms with Crippen LogP contribution < -0.4 is 5.32 Å². The number of ether oxygens (including phenoxy) is 1. The molecule has 1 amide bonds. The minimum absolute atomic E-state index is 0.103. The molecule has 1 aromatic rings. The van der Waals surface area contributed by atoms with Crippen molar-refractivity contribution in [2.24, 2.45) is 5.92 Å². The zero-order valence-electron chi connectivity index (χ0n) is 10.7. The molecule has 9 heteroatoms. The average Bonchev–Trinajstić information content (AvgIpc) is 2.90. The van der Waals surface area contributed by atoms with Gasteiger partial charge in [0.25, 0.3) is 15.0 Å². The normalized spacial score (nSPS) is 18.7. The first-order valence-corrected chi connectivity index (χ1v) is 9.56. The summed E-state index contributed by atoms with van der Waals surface area (Å²) < 4.78 is 28.3. The quantitative estimate of drug-likeness (QED) is 0.766. The number of nitrogens with one attached hydrogen (secondary N) is 1. The highest BCUT2D eigenvalue weighted by Crippen LogP contribution is 2.33. The monoisotopic (exact) mass is 415 g/mol. The van der Waals surface area contributed by atoms with Crippen LogP contribution >= 0.6 is 38.2 Å². The first kappa shape index (κ1) is 17.0. The summed E-state index contributed by atoms with van der Waals surface area (Å²) in [5.74, 6) is -0.131. The van der Waals surface area contributed by atoms with Crippen molar-refractivity contribution in [2.45, 2.75) is 11.3 Å². The summed E-state index contributed by atoms with van der Waals surface area (Å²) in [6.45, 7) is 1.78. The van der Waals surface area contributed by atoms with Crippen molar-refractivity contribution in [3.63, 3.8) is 0 Å². The number of rotatable bonds is 4. The Morgan fingerprint density at radius 1 is 1.48 bits per heavy atom. The van der Waals surface area contributed by atoms with Gasteiger partial charge < -0.3 is 10.1 Å². The summed E-state index contributed by atoms with van der Waals surface area (Å²) in [5, 5.41) is 2.84. The maximum Gasteiger partial charge on any atom is 0.262 e.